The second kappa shape index (κ2) is 9.92. The number of nitrogens with one attached hydrogen (secondary N) is 4. The lowest BCUT2D eigenvalue weighted by molar-refractivity contribution is 0.0198. The van der Waals surface area contributed by atoms with Gasteiger partial charge in [0.1, 0.15) is 12.3 Å². The summed E-state index contributed by atoms with van der Waals surface area (Å²) in [6.07, 6.45) is 2.70. The summed E-state index contributed by atoms with van der Waals surface area (Å²) in [6.45, 7) is 1.93. The van der Waals surface area contributed by atoms with E-state index in [0.717, 1.165) is 36.2 Å². The second-order valence-corrected chi connectivity index (χ2v) is 7.99. The number of fused-ring (bicyclic) bond motifs is 1. The van der Waals surface area contributed by atoms with E-state index in [9.17, 15) is 9.18 Å². The van der Waals surface area contributed by atoms with Gasteiger partial charge in [-0.05, 0) is 43.1 Å². The van der Waals surface area contributed by atoms with Crippen molar-refractivity contribution < 1.29 is 9.13 Å². The molecule has 3 aromatic rings. The summed E-state index contributed by atoms with van der Waals surface area (Å²) in [7, 11) is 0. The van der Waals surface area contributed by atoms with Gasteiger partial charge < -0.3 is 26.1 Å². The fraction of sp³-hybridized carbons (Fsp3) is 0.409. The number of guanidine groups is 1. The van der Waals surface area contributed by atoms with Gasteiger partial charge in [0.15, 0.2) is 5.96 Å². The minimum absolute atomic E-state index is 0.146. The standard InChI is InChI=1S/C22H28FN7O2/c23-10-18(6-8-27-21(24)25)32-13-14-1-3-17(4-2-14)30-12-16-9-19(15-5-7-26-11-15)28-20(16)29-22(30)31/h1-4,9,12,15,18,26H,5-8,10-11,13H2,(H4,24,25,27)(H,28,29,31)/t15-,18-/m1/s1. The van der Waals surface area contributed by atoms with Gasteiger partial charge in [-0.15, -0.1) is 0 Å². The fourth-order valence-electron chi connectivity index (χ4n) is 3.88. The maximum Gasteiger partial charge on any atom is 0.354 e. The Labute approximate surface area is 184 Å². The summed E-state index contributed by atoms with van der Waals surface area (Å²) in [4.78, 5) is 20.1. The van der Waals surface area contributed by atoms with E-state index < -0.39 is 12.8 Å². The van der Waals surface area contributed by atoms with Crippen molar-refractivity contribution in [2.24, 2.45) is 5.73 Å². The second-order valence-electron chi connectivity index (χ2n) is 7.99. The number of alkyl halides is 1. The molecule has 10 heteroatoms. The van der Waals surface area contributed by atoms with E-state index in [-0.39, 0.29) is 18.3 Å². The Morgan fingerprint density at radius 1 is 1.41 bits per heavy atom. The number of hydrogen-bond acceptors (Lipinski definition) is 5. The molecule has 1 aliphatic heterocycles. The third-order valence-corrected chi connectivity index (χ3v) is 5.68. The lowest BCUT2D eigenvalue weighted by atomic mass is 10.1. The van der Waals surface area contributed by atoms with E-state index in [1.54, 1.807) is 6.20 Å². The lowest BCUT2D eigenvalue weighted by Gasteiger charge is -2.15. The van der Waals surface area contributed by atoms with E-state index in [4.69, 9.17) is 15.9 Å². The van der Waals surface area contributed by atoms with Crippen molar-refractivity contribution in [3.05, 3.63) is 58.3 Å². The Bertz CT molecular complexity index is 1120. The molecule has 1 saturated heterocycles. The molecule has 0 unspecified atom stereocenters. The van der Waals surface area contributed by atoms with Crippen molar-refractivity contribution in [2.75, 3.05) is 26.3 Å². The van der Waals surface area contributed by atoms with Crippen molar-refractivity contribution in [3.63, 3.8) is 0 Å². The van der Waals surface area contributed by atoms with E-state index in [1.807, 2.05) is 24.3 Å². The third kappa shape index (κ3) is 5.14. The number of ether oxygens (including phenoxy) is 1. The van der Waals surface area contributed by atoms with Crippen LogP contribution in [0.25, 0.3) is 16.7 Å². The molecule has 0 radical (unpaired) electrons. The summed E-state index contributed by atoms with van der Waals surface area (Å²) >= 11 is 0. The zero-order valence-corrected chi connectivity index (χ0v) is 17.7. The molecule has 2 atom stereocenters. The van der Waals surface area contributed by atoms with Gasteiger partial charge in [-0.25, -0.2) is 9.18 Å². The van der Waals surface area contributed by atoms with Crippen LogP contribution in [0.5, 0.6) is 0 Å². The molecule has 9 nitrogen and oxygen atoms in total. The smallest absolute Gasteiger partial charge is 0.354 e. The zero-order chi connectivity index (χ0) is 22.5. The maximum atomic E-state index is 13.2. The molecule has 4 rings (SSSR count). The predicted molar refractivity (Wildman–Crippen MR) is 121 cm³/mol. The van der Waals surface area contributed by atoms with Gasteiger partial charge in [-0.3, -0.25) is 9.98 Å². The molecule has 0 amide bonds. The van der Waals surface area contributed by atoms with Gasteiger partial charge in [-0.1, -0.05) is 12.1 Å². The first-order chi connectivity index (χ1) is 15.5. The molecule has 1 aliphatic rings. The summed E-state index contributed by atoms with van der Waals surface area (Å²) in [5, 5.41) is 14.0. The Morgan fingerprint density at radius 3 is 2.91 bits per heavy atom. The van der Waals surface area contributed by atoms with Crippen molar-refractivity contribution in [1.29, 1.82) is 5.41 Å². The normalized spacial score (nSPS) is 17.0. The molecule has 0 aliphatic carbocycles. The number of rotatable bonds is 9. The number of halogens is 1. The highest BCUT2D eigenvalue weighted by atomic mass is 19.1. The average molecular weight is 442 g/mol. The fourth-order valence-corrected chi connectivity index (χ4v) is 3.88. The molecular formula is C22H28FN7O2. The molecule has 0 saturated carbocycles. The van der Waals surface area contributed by atoms with Crippen LogP contribution in [0.2, 0.25) is 0 Å². The summed E-state index contributed by atoms with van der Waals surface area (Å²) in [5.41, 5.74) is 8.14. The number of hydrogen-bond donors (Lipinski definition) is 5. The number of aromatic amines is 1. The van der Waals surface area contributed by atoms with Crippen LogP contribution in [-0.4, -0.2) is 52.9 Å². The number of benzene rings is 1. The van der Waals surface area contributed by atoms with Crippen LogP contribution < -0.4 is 22.1 Å². The van der Waals surface area contributed by atoms with Crippen LogP contribution in [0.4, 0.5) is 4.39 Å². The third-order valence-electron chi connectivity index (χ3n) is 5.68. The highest BCUT2D eigenvalue weighted by molar-refractivity contribution is 5.76. The van der Waals surface area contributed by atoms with Crippen LogP contribution in [-0.2, 0) is 11.3 Å². The molecule has 1 fully saturated rings. The summed E-state index contributed by atoms with van der Waals surface area (Å²) in [6, 6.07) is 9.41. The van der Waals surface area contributed by atoms with Crippen molar-refractivity contribution in [1.82, 2.24) is 25.2 Å². The Kier molecular flexibility index (Phi) is 6.81. The van der Waals surface area contributed by atoms with Gasteiger partial charge in [-0.2, -0.15) is 4.98 Å². The lowest BCUT2D eigenvalue weighted by Crippen LogP contribution is -2.33. The largest absolute Gasteiger partial charge is 0.371 e. The van der Waals surface area contributed by atoms with Gasteiger partial charge in [0.2, 0.25) is 0 Å². The highest BCUT2D eigenvalue weighted by Gasteiger charge is 2.19. The van der Waals surface area contributed by atoms with Crippen LogP contribution in [0, 0.1) is 5.41 Å². The van der Waals surface area contributed by atoms with Crippen molar-refractivity contribution >= 4 is 17.0 Å². The quantitative estimate of drug-likeness (QED) is 0.253. The van der Waals surface area contributed by atoms with Crippen molar-refractivity contribution in [2.45, 2.75) is 31.5 Å². The number of nitrogens with two attached hydrogens (primary N) is 1. The highest BCUT2D eigenvalue weighted by Crippen LogP contribution is 2.24. The molecule has 170 valence electrons. The molecule has 3 heterocycles. The molecule has 32 heavy (non-hydrogen) atoms. The van der Waals surface area contributed by atoms with Crippen LogP contribution in [0.1, 0.15) is 30.0 Å². The molecule has 1 aromatic carbocycles. The van der Waals surface area contributed by atoms with Crippen LogP contribution >= 0.6 is 0 Å². The first-order valence-corrected chi connectivity index (χ1v) is 10.7. The van der Waals surface area contributed by atoms with E-state index in [2.05, 4.69) is 26.7 Å². The minimum Gasteiger partial charge on any atom is -0.371 e. The molecular weight excluding hydrogens is 413 g/mol. The van der Waals surface area contributed by atoms with Gasteiger partial charge >= 0.3 is 5.69 Å². The molecule has 0 bridgehead atoms. The average Bonchev–Trinajstić information content (AvgIpc) is 3.45. The number of nitrogens with zero attached hydrogens (tertiary/aromatic N) is 2. The monoisotopic (exact) mass is 441 g/mol. The number of aromatic nitrogens is 3. The summed E-state index contributed by atoms with van der Waals surface area (Å²) < 4.78 is 20.3. The Balaban J connectivity index is 1.43. The molecule has 6 N–H and O–H groups in total. The van der Waals surface area contributed by atoms with E-state index in [0.29, 0.717) is 30.2 Å². The van der Waals surface area contributed by atoms with Gasteiger partial charge in [0.05, 0.1) is 18.4 Å². The topological polar surface area (TPSA) is 134 Å². The molecule has 2 aromatic heterocycles. The first-order valence-electron chi connectivity index (χ1n) is 10.7. The van der Waals surface area contributed by atoms with Crippen LogP contribution in [0.3, 0.4) is 0 Å². The predicted octanol–water partition coefficient (Wildman–Crippen LogP) is 1.52. The van der Waals surface area contributed by atoms with E-state index in [1.165, 1.54) is 4.57 Å². The first kappa shape index (κ1) is 22.0. The molecule has 0 spiro atoms. The SMILES string of the molecule is N=C(N)NCC[C@H](CF)OCc1ccc(-n2cc3cc([C@@H]4CCNC4)[nH]c3nc2=O)cc1. The van der Waals surface area contributed by atoms with Crippen LogP contribution in [0.15, 0.2) is 41.3 Å². The van der Waals surface area contributed by atoms with Gasteiger partial charge in [0, 0.05) is 36.3 Å². The number of H-pyrrole nitrogens is 1. The van der Waals surface area contributed by atoms with Gasteiger partial charge in [0.25, 0.3) is 0 Å². The minimum atomic E-state index is -0.617. The zero-order valence-electron chi connectivity index (χ0n) is 17.7. The van der Waals surface area contributed by atoms with E-state index >= 15 is 0 Å². The van der Waals surface area contributed by atoms with Crippen molar-refractivity contribution in [3.8, 4) is 5.69 Å². The summed E-state index contributed by atoms with van der Waals surface area (Å²) in [5.74, 6) is 0.269. The Hall–Kier alpha value is -3.24. The maximum absolute atomic E-state index is 13.2. The Morgan fingerprint density at radius 2 is 2.22 bits per heavy atom.